The van der Waals surface area contributed by atoms with E-state index in [-0.39, 0.29) is 6.10 Å². The first-order chi connectivity index (χ1) is 8.58. The molecule has 0 saturated carbocycles. The molecule has 1 rings (SSSR count). The lowest BCUT2D eigenvalue weighted by Crippen LogP contribution is -2.12. The summed E-state index contributed by atoms with van der Waals surface area (Å²) in [6, 6.07) is 1.77. The second kappa shape index (κ2) is 7.21. The minimum Gasteiger partial charge on any atom is -0.493 e. The third kappa shape index (κ3) is 4.18. The lowest BCUT2D eigenvalue weighted by atomic mass is 10.0. The fourth-order valence-corrected chi connectivity index (χ4v) is 1.99. The summed E-state index contributed by atoms with van der Waals surface area (Å²) < 4.78 is 10.5. The molecule has 0 aliphatic heterocycles. The lowest BCUT2D eigenvalue weighted by Gasteiger charge is -2.15. The maximum absolute atomic E-state index is 9.87. The number of pyridine rings is 1. The van der Waals surface area contributed by atoms with Crippen LogP contribution in [0.1, 0.15) is 32.4 Å². The van der Waals surface area contributed by atoms with Crippen molar-refractivity contribution in [2.45, 2.75) is 39.2 Å². The predicted molar refractivity (Wildman–Crippen MR) is 71.1 cm³/mol. The number of aryl methyl sites for hydroxylation is 1. The van der Waals surface area contributed by atoms with Gasteiger partial charge in [0.15, 0.2) is 11.5 Å². The van der Waals surface area contributed by atoms with Crippen LogP contribution in [-0.2, 0) is 6.42 Å². The van der Waals surface area contributed by atoms with E-state index in [1.54, 1.807) is 26.5 Å². The Morgan fingerprint density at radius 2 is 2.00 bits per heavy atom. The molecule has 1 aromatic rings. The molecule has 4 nitrogen and oxygen atoms in total. The van der Waals surface area contributed by atoms with E-state index in [4.69, 9.17) is 9.47 Å². The van der Waals surface area contributed by atoms with Crippen molar-refractivity contribution in [3.05, 3.63) is 18.0 Å². The standard InChI is InChI=1S/C14H23NO3/c1-10(2)9-11(16)5-6-12-14(18-4)13(17-3)7-8-15-12/h7-8,10-11,16H,5-6,9H2,1-4H3. The van der Waals surface area contributed by atoms with Crippen LogP contribution in [0.2, 0.25) is 0 Å². The Hall–Kier alpha value is -1.29. The summed E-state index contributed by atoms with van der Waals surface area (Å²) in [6.07, 6.45) is 3.60. The van der Waals surface area contributed by atoms with Crippen molar-refractivity contribution in [1.82, 2.24) is 4.98 Å². The van der Waals surface area contributed by atoms with E-state index in [0.717, 1.165) is 12.1 Å². The Morgan fingerprint density at radius 1 is 1.28 bits per heavy atom. The third-order valence-corrected chi connectivity index (χ3v) is 2.82. The summed E-state index contributed by atoms with van der Waals surface area (Å²) in [5.41, 5.74) is 0.833. The highest BCUT2D eigenvalue weighted by molar-refractivity contribution is 5.42. The highest BCUT2D eigenvalue weighted by atomic mass is 16.5. The normalized spacial score (nSPS) is 12.6. The van der Waals surface area contributed by atoms with Crippen LogP contribution in [0.15, 0.2) is 12.3 Å². The summed E-state index contributed by atoms with van der Waals surface area (Å²) in [7, 11) is 3.21. The average molecular weight is 253 g/mol. The van der Waals surface area contributed by atoms with E-state index in [2.05, 4.69) is 18.8 Å². The Bertz CT molecular complexity index is 366. The van der Waals surface area contributed by atoms with Gasteiger partial charge in [0.2, 0.25) is 0 Å². The first-order valence-corrected chi connectivity index (χ1v) is 6.32. The van der Waals surface area contributed by atoms with Gasteiger partial charge in [-0.1, -0.05) is 13.8 Å². The molecule has 0 saturated heterocycles. The van der Waals surface area contributed by atoms with Crippen LogP contribution < -0.4 is 9.47 Å². The minimum atomic E-state index is -0.289. The van der Waals surface area contributed by atoms with Crippen LogP contribution in [0.3, 0.4) is 0 Å². The molecule has 1 unspecified atom stereocenters. The molecule has 0 bridgehead atoms. The second-order valence-corrected chi connectivity index (χ2v) is 4.82. The first-order valence-electron chi connectivity index (χ1n) is 6.32. The van der Waals surface area contributed by atoms with Gasteiger partial charge in [-0.2, -0.15) is 0 Å². The van der Waals surface area contributed by atoms with E-state index >= 15 is 0 Å². The van der Waals surface area contributed by atoms with E-state index in [1.807, 2.05) is 0 Å². The Balaban J connectivity index is 2.67. The number of aliphatic hydroxyl groups is 1. The summed E-state index contributed by atoms with van der Waals surface area (Å²) in [4.78, 5) is 4.29. The van der Waals surface area contributed by atoms with Gasteiger partial charge in [0.25, 0.3) is 0 Å². The SMILES string of the molecule is COc1ccnc(CCC(O)CC(C)C)c1OC. The van der Waals surface area contributed by atoms with Crippen LogP contribution in [0, 0.1) is 5.92 Å². The summed E-state index contributed by atoms with van der Waals surface area (Å²) in [5.74, 6) is 1.85. The van der Waals surface area contributed by atoms with Crippen LogP contribution in [0.25, 0.3) is 0 Å². The van der Waals surface area contributed by atoms with Crippen molar-refractivity contribution in [2.75, 3.05) is 14.2 Å². The number of hydrogen-bond donors (Lipinski definition) is 1. The molecule has 1 N–H and O–H groups in total. The number of hydrogen-bond acceptors (Lipinski definition) is 4. The van der Waals surface area contributed by atoms with Gasteiger partial charge in [-0.25, -0.2) is 0 Å². The van der Waals surface area contributed by atoms with E-state index < -0.39 is 0 Å². The molecular formula is C14H23NO3. The van der Waals surface area contributed by atoms with Gasteiger partial charge >= 0.3 is 0 Å². The number of aromatic nitrogens is 1. The topological polar surface area (TPSA) is 51.6 Å². The van der Waals surface area contributed by atoms with Crippen molar-refractivity contribution < 1.29 is 14.6 Å². The van der Waals surface area contributed by atoms with Gasteiger partial charge < -0.3 is 14.6 Å². The van der Waals surface area contributed by atoms with Gasteiger partial charge in [-0.3, -0.25) is 4.98 Å². The maximum Gasteiger partial charge on any atom is 0.182 e. The molecule has 1 atom stereocenters. The second-order valence-electron chi connectivity index (χ2n) is 4.82. The zero-order valence-corrected chi connectivity index (χ0v) is 11.6. The van der Waals surface area contributed by atoms with Crippen LogP contribution >= 0.6 is 0 Å². The average Bonchev–Trinajstić information content (AvgIpc) is 2.34. The summed E-state index contributed by atoms with van der Waals surface area (Å²) in [5, 5.41) is 9.87. The maximum atomic E-state index is 9.87. The molecule has 4 heteroatoms. The molecule has 0 aromatic carbocycles. The van der Waals surface area contributed by atoms with Gasteiger partial charge in [0.05, 0.1) is 26.0 Å². The van der Waals surface area contributed by atoms with Crippen LogP contribution in [-0.4, -0.2) is 30.4 Å². The Morgan fingerprint density at radius 3 is 2.56 bits per heavy atom. The quantitative estimate of drug-likeness (QED) is 0.811. The fourth-order valence-electron chi connectivity index (χ4n) is 1.99. The number of methoxy groups -OCH3 is 2. The molecule has 0 radical (unpaired) electrons. The van der Waals surface area contributed by atoms with Crippen LogP contribution in [0.4, 0.5) is 0 Å². The van der Waals surface area contributed by atoms with Crippen molar-refractivity contribution in [1.29, 1.82) is 0 Å². The molecule has 0 aliphatic carbocycles. The molecule has 18 heavy (non-hydrogen) atoms. The largest absolute Gasteiger partial charge is 0.493 e. The van der Waals surface area contributed by atoms with Gasteiger partial charge in [-0.05, 0) is 25.2 Å². The van der Waals surface area contributed by atoms with Gasteiger partial charge in [0, 0.05) is 12.3 Å². The minimum absolute atomic E-state index is 0.289. The molecule has 0 amide bonds. The molecule has 0 fully saturated rings. The lowest BCUT2D eigenvalue weighted by molar-refractivity contribution is 0.139. The van der Waals surface area contributed by atoms with E-state index in [1.165, 1.54) is 0 Å². The summed E-state index contributed by atoms with van der Waals surface area (Å²) in [6.45, 7) is 4.21. The van der Waals surface area contributed by atoms with Crippen LogP contribution in [0.5, 0.6) is 11.5 Å². The zero-order valence-electron chi connectivity index (χ0n) is 11.6. The number of aliphatic hydroxyl groups excluding tert-OH is 1. The van der Waals surface area contributed by atoms with Crippen molar-refractivity contribution in [3.63, 3.8) is 0 Å². The Labute approximate surface area is 109 Å². The molecule has 1 aromatic heterocycles. The first kappa shape index (κ1) is 14.8. The Kier molecular flexibility index (Phi) is 5.92. The van der Waals surface area contributed by atoms with E-state index in [0.29, 0.717) is 30.3 Å². The fraction of sp³-hybridized carbons (Fsp3) is 0.643. The molecule has 102 valence electrons. The highest BCUT2D eigenvalue weighted by Crippen LogP contribution is 2.30. The van der Waals surface area contributed by atoms with Crippen molar-refractivity contribution in [3.8, 4) is 11.5 Å². The number of rotatable bonds is 7. The van der Waals surface area contributed by atoms with Gasteiger partial charge in [-0.15, -0.1) is 0 Å². The molecular weight excluding hydrogens is 230 g/mol. The molecule has 0 spiro atoms. The van der Waals surface area contributed by atoms with Gasteiger partial charge in [0.1, 0.15) is 0 Å². The third-order valence-electron chi connectivity index (χ3n) is 2.82. The molecule has 0 aliphatic rings. The van der Waals surface area contributed by atoms with Crippen molar-refractivity contribution in [2.24, 2.45) is 5.92 Å². The number of ether oxygens (including phenoxy) is 2. The number of nitrogens with zero attached hydrogens (tertiary/aromatic N) is 1. The smallest absolute Gasteiger partial charge is 0.182 e. The van der Waals surface area contributed by atoms with Crippen molar-refractivity contribution >= 4 is 0 Å². The zero-order chi connectivity index (χ0) is 13.5. The summed E-state index contributed by atoms with van der Waals surface area (Å²) >= 11 is 0. The highest BCUT2D eigenvalue weighted by Gasteiger charge is 2.13. The monoisotopic (exact) mass is 253 g/mol. The molecule has 1 heterocycles. The predicted octanol–water partition coefficient (Wildman–Crippen LogP) is 2.44. The van der Waals surface area contributed by atoms with E-state index in [9.17, 15) is 5.11 Å².